The molecule has 25 heavy (non-hydrogen) atoms. The number of anilines is 1. The smallest absolute Gasteiger partial charge is 0.261 e. The van der Waals surface area contributed by atoms with E-state index in [9.17, 15) is 13.5 Å². The minimum absolute atomic E-state index is 0.0215. The highest BCUT2D eigenvalue weighted by Gasteiger charge is 2.16. The lowest BCUT2D eigenvalue weighted by atomic mass is 10.1. The van der Waals surface area contributed by atoms with E-state index in [-0.39, 0.29) is 10.6 Å². The number of nitrogens with zero attached hydrogens (tertiary/aromatic N) is 1. The molecule has 0 amide bonds. The van der Waals surface area contributed by atoms with Gasteiger partial charge < -0.3 is 5.11 Å². The summed E-state index contributed by atoms with van der Waals surface area (Å²) < 4.78 is 27.8. The number of rotatable bonds is 4. The van der Waals surface area contributed by atoms with Crippen LogP contribution in [0.3, 0.4) is 0 Å². The summed E-state index contributed by atoms with van der Waals surface area (Å²) in [6, 6.07) is 11.1. The van der Waals surface area contributed by atoms with Crippen molar-refractivity contribution in [3.8, 4) is 16.2 Å². The van der Waals surface area contributed by atoms with Crippen molar-refractivity contribution in [3.63, 3.8) is 0 Å². The maximum Gasteiger partial charge on any atom is 0.261 e. The zero-order chi connectivity index (χ0) is 18.2. The molecule has 0 saturated heterocycles. The van der Waals surface area contributed by atoms with Crippen molar-refractivity contribution in [2.45, 2.75) is 25.7 Å². The fourth-order valence-electron chi connectivity index (χ4n) is 2.50. The predicted molar refractivity (Wildman–Crippen MR) is 101 cm³/mol. The molecule has 2 aromatic carbocycles. The topological polar surface area (TPSA) is 79.3 Å². The summed E-state index contributed by atoms with van der Waals surface area (Å²) in [4.78, 5) is 5.55. The van der Waals surface area contributed by atoms with Crippen molar-refractivity contribution in [2.75, 3.05) is 4.72 Å². The first-order chi connectivity index (χ1) is 11.8. The molecule has 5 nitrogen and oxygen atoms in total. The Morgan fingerprint density at radius 3 is 2.32 bits per heavy atom. The second-order valence-corrected chi connectivity index (χ2v) is 8.66. The highest BCUT2D eigenvalue weighted by molar-refractivity contribution is 7.92. The standard InChI is InChI=1S/C18H18N2O3S2/c1-11-4-5-14(18-12(2)19-13(3)24-18)10-17(11)20-25(22,23)16-8-6-15(21)7-9-16/h4-10,20-21H,1-3H3. The van der Waals surface area contributed by atoms with Crippen LogP contribution in [-0.4, -0.2) is 18.5 Å². The quantitative estimate of drug-likeness (QED) is 0.716. The van der Waals surface area contributed by atoms with Gasteiger partial charge in [-0.1, -0.05) is 12.1 Å². The van der Waals surface area contributed by atoms with Crippen LogP contribution in [-0.2, 0) is 10.0 Å². The van der Waals surface area contributed by atoms with Crippen molar-refractivity contribution >= 4 is 27.0 Å². The molecule has 0 saturated carbocycles. The number of aryl methyl sites for hydroxylation is 3. The average molecular weight is 374 g/mol. The molecule has 0 aliphatic rings. The van der Waals surface area contributed by atoms with Gasteiger partial charge in [0.2, 0.25) is 0 Å². The van der Waals surface area contributed by atoms with E-state index in [4.69, 9.17) is 0 Å². The first kappa shape index (κ1) is 17.4. The van der Waals surface area contributed by atoms with Crippen molar-refractivity contribution in [3.05, 3.63) is 58.7 Å². The molecular weight excluding hydrogens is 356 g/mol. The second-order valence-electron chi connectivity index (χ2n) is 5.78. The molecular formula is C18H18N2O3S2. The third-order valence-electron chi connectivity index (χ3n) is 3.79. The average Bonchev–Trinajstić information content (AvgIpc) is 2.88. The largest absolute Gasteiger partial charge is 0.508 e. The van der Waals surface area contributed by atoms with Crippen LogP contribution in [0, 0.1) is 20.8 Å². The molecule has 1 heterocycles. The lowest BCUT2D eigenvalue weighted by Gasteiger charge is -2.12. The van der Waals surface area contributed by atoms with Crippen LogP contribution < -0.4 is 4.72 Å². The van der Waals surface area contributed by atoms with Crippen molar-refractivity contribution in [1.82, 2.24) is 4.98 Å². The first-order valence-corrected chi connectivity index (χ1v) is 9.93. The third kappa shape index (κ3) is 3.67. The lowest BCUT2D eigenvalue weighted by Crippen LogP contribution is -2.13. The number of sulfonamides is 1. The molecule has 0 fully saturated rings. The van der Waals surface area contributed by atoms with Gasteiger partial charge in [0.25, 0.3) is 10.0 Å². The van der Waals surface area contributed by atoms with Crippen LogP contribution in [0.15, 0.2) is 47.4 Å². The summed E-state index contributed by atoms with van der Waals surface area (Å²) in [5.41, 5.74) is 3.21. The number of hydrogen-bond acceptors (Lipinski definition) is 5. The molecule has 0 radical (unpaired) electrons. The zero-order valence-electron chi connectivity index (χ0n) is 14.1. The van der Waals surface area contributed by atoms with Crippen LogP contribution in [0.5, 0.6) is 5.75 Å². The van der Waals surface area contributed by atoms with E-state index < -0.39 is 10.0 Å². The fourth-order valence-corrected chi connectivity index (χ4v) is 4.54. The van der Waals surface area contributed by atoms with E-state index in [0.29, 0.717) is 5.69 Å². The Labute approximate surface area is 151 Å². The van der Waals surface area contributed by atoms with Crippen LogP contribution in [0.1, 0.15) is 16.3 Å². The van der Waals surface area contributed by atoms with E-state index in [1.807, 2.05) is 39.0 Å². The number of thiazole rings is 1. The number of aromatic hydroxyl groups is 1. The summed E-state index contributed by atoms with van der Waals surface area (Å²) in [6.07, 6.45) is 0. The Morgan fingerprint density at radius 1 is 1.04 bits per heavy atom. The monoisotopic (exact) mass is 374 g/mol. The molecule has 0 atom stereocenters. The minimum atomic E-state index is -3.73. The van der Waals surface area contributed by atoms with Crippen molar-refractivity contribution < 1.29 is 13.5 Å². The molecule has 7 heteroatoms. The van der Waals surface area contributed by atoms with Gasteiger partial charge in [-0.3, -0.25) is 4.72 Å². The number of aromatic nitrogens is 1. The van der Waals surface area contributed by atoms with Gasteiger partial charge in [0.05, 0.1) is 26.2 Å². The summed E-state index contributed by atoms with van der Waals surface area (Å²) in [5.74, 6) is 0.0215. The highest BCUT2D eigenvalue weighted by Crippen LogP contribution is 2.33. The van der Waals surface area contributed by atoms with Gasteiger partial charge >= 0.3 is 0 Å². The zero-order valence-corrected chi connectivity index (χ0v) is 15.7. The highest BCUT2D eigenvalue weighted by atomic mass is 32.2. The second kappa shape index (κ2) is 6.50. The van der Waals surface area contributed by atoms with E-state index in [0.717, 1.165) is 26.7 Å². The Hall–Kier alpha value is -2.38. The molecule has 0 spiro atoms. The fraction of sp³-hybridized carbons (Fsp3) is 0.167. The van der Waals surface area contributed by atoms with Gasteiger partial charge in [0.1, 0.15) is 5.75 Å². The van der Waals surface area contributed by atoms with Crippen LogP contribution in [0.4, 0.5) is 5.69 Å². The van der Waals surface area contributed by atoms with E-state index in [1.165, 1.54) is 24.3 Å². The number of phenolic OH excluding ortho intramolecular Hbond substituents is 1. The van der Waals surface area contributed by atoms with Gasteiger partial charge in [-0.2, -0.15) is 0 Å². The number of benzene rings is 2. The van der Waals surface area contributed by atoms with Gasteiger partial charge in [-0.15, -0.1) is 11.3 Å². The van der Waals surface area contributed by atoms with E-state index in [2.05, 4.69) is 9.71 Å². The Bertz CT molecular complexity index is 1020. The van der Waals surface area contributed by atoms with Gasteiger partial charge in [0.15, 0.2) is 0 Å². The molecule has 0 aliphatic carbocycles. The molecule has 0 bridgehead atoms. The maximum atomic E-state index is 12.6. The Kier molecular flexibility index (Phi) is 4.53. The van der Waals surface area contributed by atoms with E-state index >= 15 is 0 Å². The summed E-state index contributed by atoms with van der Waals surface area (Å²) in [5, 5.41) is 10.3. The van der Waals surface area contributed by atoms with Crippen LogP contribution in [0.25, 0.3) is 10.4 Å². The van der Waals surface area contributed by atoms with E-state index in [1.54, 1.807) is 11.3 Å². The number of hydrogen-bond donors (Lipinski definition) is 2. The Morgan fingerprint density at radius 2 is 1.72 bits per heavy atom. The van der Waals surface area contributed by atoms with Gasteiger partial charge in [-0.05, 0) is 62.2 Å². The first-order valence-electron chi connectivity index (χ1n) is 7.63. The normalized spacial score (nSPS) is 11.5. The number of nitrogens with one attached hydrogen (secondary N) is 1. The molecule has 0 aliphatic heterocycles. The van der Waals surface area contributed by atoms with Crippen LogP contribution >= 0.6 is 11.3 Å². The lowest BCUT2D eigenvalue weighted by molar-refractivity contribution is 0.475. The van der Waals surface area contributed by atoms with Gasteiger partial charge in [-0.25, -0.2) is 13.4 Å². The van der Waals surface area contributed by atoms with Crippen LogP contribution in [0.2, 0.25) is 0 Å². The maximum absolute atomic E-state index is 12.6. The minimum Gasteiger partial charge on any atom is -0.508 e. The molecule has 3 rings (SSSR count). The summed E-state index contributed by atoms with van der Waals surface area (Å²) in [7, 11) is -3.73. The van der Waals surface area contributed by atoms with Crippen molar-refractivity contribution in [2.24, 2.45) is 0 Å². The Balaban J connectivity index is 1.98. The summed E-state index contributed by atoms with van der Waals surface area (Å²) in [6.45, 7) is 5.74. The molecule has 1 aromatic heterocycles. The number of phenols is 1. The van der Waals surface area contributed by atoms with Gasteiger partial charge in [0, 0.05) is 0 Å². The molecule has 0 unspecified atom stereocenters. The SMILES string of the molecule is Cc1nc(C)c(-c2ccc(C)c(NS(=O)(=O)c3ccc(O)cc3)c2)s1. The molecule has 130 valence electrons. The molecule has 2 N–H and O–H groups in total. The summed E-state index contributed by atoms with van der Waals surface area (Å²) >= 11 is 1.58. The predicted octanol–water partition coefficient (Wildman–Crippen LogP) is 4.24. The van der Waals surface area contributed by atoms with Crippen molar-refractivity contribution in [1.29, 1.82) is 0 Å². The molecule has 3 aromatic rings. The third-order valence-corrected chi connectivity index (χ3v) is 6.30.